The molecule has 0 bridgehead atoms. The molecule has 0 saturated heterocycles. The number of nitrogen functional groups attached to an aromatic ring is 1. The van der Waals surface area contributed by atoms with Crippen molar-refractivity contribution in [2.45, 2.75) is 45.6 Å². The van der Waals surface area contributed by atoms with Crippen molar-refractivity contribution in [3.63, 3.8) is 0 Å². The highest BCUT2D eigenvalue weighted by Gasteiger charge is 2.26. The largest absolute Gasteiger partial charge is 0.467 e. The summed E-state index contributed by atoms with van der Waals surface area (Å²) in [6.07, 6.45) is 4.91. The van der Waals surface area contributed by atoms with Crippen LogP contribution in [-0.4, -0.2) is 34.6 Å². The Labute approximate surface area is 119 Å². The third-order valence-electron chi connectivity index (χ3n) is 3.50. The van der Waals surface area contributed by atoms with E-state index >= 15 is 0 Å². The number of hydrogen-bond acceptors (Lipinski definition) is 7. The van der Waals surface area contributed by atoms with Crippen LogP contribution in [-0.2, 0) is 0 Å². The molecular weight excluding hydrogens is 256 g/mol. The van der Waals surface area contributed by atoms with Gasteiger partial charge in [0.05, 0.1) is 7.11 Å². The molecule has 1 aromatic heterocycles. The first kappa shape index (κ1) is 14.8. The van der Waals surface area contributed by atoms with Gasteiger partial charge in [-0.25, -0.2) is 5.84 Å². The van der Waals surface area contributed by atoms with Crippen LogP contribution < -0.4 is 20.9 Å². The topological polar surface area (TPSA) is 89.2 Å². The molecule has 0 spiro atoms. The molecule has 112 valence electrons. The van der Waals surface area contributed by atoms with Gasteiger partial charge in [0.15, 0.2) is 0 Å². The van der Waals surface area contributed by atoms with Gasteiger partial charge in [-0.1, -0.05) is 26.7 Å². The fraction of sp³-hybridized carbons (Fsp3) is 0.769. The molecule has 20 heavy (non-hydrogen) atoms. The molecule has 1 saturated carbocycles. The molecule has 7 heteroatoms. The summed E-state index contributed by atoms with van der Waals surface area (Å²) in [4.78, 5) is 15.1. The summed E-state index contributed by atoms with van der Waals surface area (Å²) in [5.74, 6) is 6.93. The van der Waals surface area contributed by atoms with Crippen LogP contribution in [0, 0.1) is 5.92 Å². The number of nitrogens with zero attached hydrogens (tertiary/aromatic N) is 4. The van der Waals surface area contributed by atoms with Crippen LogP contribution in [0.2, 0.25) is 0 Å². The molecule has 2 rings (SSSR count). The van der Waals surface area contributed by atoms with E-state index in [9.17, 15) is 0 Å². The van der Waals surface area contributed by atoms with Crippen molar-refractivity contribution in [2.75, 3.05) is 24.0 Å². The molecule has 1 fully saturated rings. The lowest BCUT2D eigenvalue weighted by atomic mass is 10.1. The number of ether oxygens (including phenoxy) is 1. The number of nitrogens with two attached hydrogens (primary N) is 1. The molecule has 1 aromatic rings. The molecule has 0 unspecified atom stereocenters. The van der Waals surface area contributed by atoms with E-state index in [0.717, 1.165) is 6.54 Å². The van der Waals surface area contributed by atoms with Gasteiger partial charge in [-0.2, -0.15) is 15.0 Å². The van der Waals surface area contributed by atoms with Crippen LogP contribution in [0.4, 0.5) is 11.9 Å². The standard InChI is InChI=1S/C13H24N6O/c1-9(2)8-19(10-6-4-5-7-10)12-15-11(18-14)16-13(17-12)20-3/h9-10H,4-8,14H2,1-3H3,(H,15,16,17,18). The van der Waals surface area contributed by atoms with Crippen LogP contribution in [0.1, 0.15) is 39.5 Å². The van der Waals surface area contributed by atoms with Gasteiger partial charge >= 0.3 is 6.01 Å². The number of methoxy groups -OCH3 is 1. The van der Waals surface area contributed by atoms with Gasteiger partial charge in [-0.05, 0) is 18.8 Å². The van der Waals surface area contributed by atoms with Crippen molar-refractivity contribution in [2.24, 2.45) is 11.8 Å². The van der Waals surface area contributed by atoms with Crippen molar-refractivity contribution in [3.8, 4) is 6.01 Å². The van der Waals surface area contributed by atoms with Crippen LogP contribution in [0.3, 0.4) is 0 Å². The minimum atomic E-state index is 0.287. The Morgan fingerprint density at radius 2 is 2.00 bits per heavy atom. The average Bonchev–Trinajstić information content (AvgIpc) is 2.97. The molecule has 0 aliphatic heterocycles. The summed E-state index contributed by atoms with van der Waals surface area (Å²) in [5, 5.41) is 0. The highest BCUT2D eigenvalue weighted by atomic mass is 16.5. The van der Waals surface area contributed by atoms with Gasteiger partial charge < -0.3 is 9.64 Å². The molecule has 0 amide bonds. The molecular formula is C13H24N6O. The van der Waals surface area contributed by atoms with E-state index in [1.807, 2.05) is 0 Å². The lowest BCUT2D eigenvalue weighted by molar-refractivity contribution is 0.377. The maximum absolute atomic E-state index is 5.42. The second-order valence-electron chi connectivity index (χ2n) is 5.57. The van der Waals surface area contributed by atoms with Gasteiger partial charge in [0.2, 0.25) is 11.9 Å². The first-order chi connectivity index (χ1) is 9.63. The Bertz CT molecular complexity index is 411. The normalized spacial score (nSPS) is 15.7. The van der Waals surface area contributed by atoms with Crippen LogP contribution in [0.25, 0.3) is 0 Å². The van der Waals surface area contributed by atoms with Gasteiger partial charge in [0, 0.05) is 12.6 Å². The maximum atomic E-state index is 5.42. The third kappa shape index (κ3) is 3.47. The van der Waals surface area contributed by atoms with Crippen molar-refractivity contribution >= 4 is 11.9 Å². The predicted octanol–water partition coefficient (Wildman–Crippen LogP) is 1.57. The molecule has 0 aromatic carbocycles. The van der Waals surface area contributed by atoms with Crippen molar-refractivity contribution in [1.82, 2.24) is 15.0 Å². The first-order valence-corrected chi connectivity index (χ1v) is 7.17. The summed E-state index contributed by atoms with van der Waals surface area (Å²) < 4.78 is 5.13. The second-order valence-corrected chi connectivity index (χ2v) is 5.57. The SMILES string of the molecule is COc1nc(NN)nc(N(CC(C)C)C2CCCC2)n1. The van der Waals surface area contributed by atoms with Crippen LogP contribution in [0.15, 0.2) is 0 Å². The number of hydrazine groups is 1. The molecule has 3 N–H and O–H groups in total. The lowest BCUT2D eigenvalue weighted by Crippen LogP contribution is -2.38. The predicted molar refractivity (Wildman–Crippen MR) is 78.6 cm³/mol. The highest BCUT2D eigenvalue weighted by Crippen LogP contribution is 2.28. The number of nitrogens with one attached hydrogen (secondary N) is 1. The molecule has 7 nitrogen and oxygen atoms in total. The lowest BCUT2D eigenvalue weighted by Gasteiger charge is -2.30. The summed E-state index contributed by atoms with van der Waals surface area (Å²) in [6.45, 7) is 5.31. The Kier molecular flexibility index (Phi) is 4.94. The van der Waals surface area contributed by atoms with E-state index in [2.05, 4.69) is 39.1 Å². The first-order valence-electron chi connectivity index (χ1n) is 7.17. The number of anilines is 2. The van der Waals surface area contributed by atoms with E-state index in [4.69, 9.17) is 10.6 Å². The van der Waals surface area contributed by atoms with Gasteiger partial charge in [0.1, 0.15) is 0 Å². The Morgan fingerprint density at radius 1 is 1.30 bits per heavy atom. The van der Waals surface area contributed by atoms with Crippen molar-refractivity contribution < 1.29 is 4.74 Å². The number of hydrogen-bond donors (Lipinski definition) is 2. The van der Waals surface area contributed by atoms with E-state index in [-0.39, 0.29) is 6.01 Å². The fourth-order valence-corrected chi connectivity index (χ4v) is 2.63. The van der Waals surface area contributed by atoms with Gasteiger partial charge in [-0.15, -0.1) is 0 Å². The zero-order valence-corrected chi connectivity index (χ0v) is 12.5. The summed E-state index contributed by atoms with van der Waals surface area (Å²) >= 11 is 0. The summed E-state index contributed by atoms with van der Waals surface area (Å²) in [5.41, 5.74) is 2.47. The van der Waals surface area contributed by atoms with Gasteiger partial charge in [-0.3, -0.25) is 5.43 Å². The average molecular weight is 280 g/mol. The zero-order chi connectivity index (χ0) is 14.5. The Hall–Kier alpha value is -1.63. The summed E-state index contributed by atoms with van der Waals surface area (Å²) in [6, 6.07) is 0.782. The van der Waals surface area contributed by atoms with E-state index in [1.54, 1.807) is 7.11 Å². The van der Waals surface area contributed by atoms with Crippen LogP contribution >= 0.6 is 0 Å². The third-order valence-corrected chi connectivity index (χ3v) is 3.50. The zero-order valence-electron chi connectivity index (χ0n) is 12.5. The molecule has 0 atom stereocenters. The number of rotatable bonds is 6. The Balaban J connectivity index is 2.30. The van der Waals surface area contributed by atoms with Crippen molar-refractivity contribution in [3.05, 3.63) is 0 Å². The van der Waals surface area contributed by atoms with E-state index < -0.39 is 0 Å². The van der Waals surface area contributed by atoms with E-state index in [1.165, 1.54) is 25.7 Å². The van der Waals surface area contributed by atoms with Crippen molar-refractivity contribution in [1.29, 1.82) is 0 Å². The molecule has 1 heterocycles. The van der Waals surface area contributed by atoms with E-state index in [0.29, 0.717) is 23.9 Å². The van der Waals surface area contributed by atoms with Crippen LogP contribution in [0.5, 0.6) is 6.01 Å². The quantitative estimate of drug-likeness (QED) is 0.604. The minimum Gasteiger partial charge on any atom is -0.467 e. The fourth-order valence-electron chi connectivity index (χ4n) is 2.63. The minimum absolute atomic E-state index is 0.287. The maximum Gasteiger partial charge on any atom is 0.322 e. The van der Waals surface area contributed by atoms with Gasteiger partial charge in [0.25, 0.3) is 0 Å². The smallest absolute Gasteiger partial charge is 0.322 e. The monoisotopic (exact) mass is 280 g/mol. The summed E-state index contributed by atoms with van der Waals surface area (Å²) in [7, 11) is 1.54. The molecule has 0 radical (unpaired) electrons. The number of aromatic nitrogens is 3. The molecule has 1 aliphatic carbocycles. The Morgan fingerprint density at radius 3 is 2.55 bits per heavy atom. The highest BCUT2D eigenvalue weighted by molar-refractivity contribution is 5.39. The second kappa shape index (κ2) is 6.69. The molecule has 1 aliphatic rings.